The minimum absolute atomic E-state index is 0.143. The summed E-state index contributed by atoms with van der Waals surface area (Å²) < 4.78 is 38.6. The molecule has 0 spiro atoms. The molecule has 0 aliphatic rings. The van der Waals surface area contributed by atoms with Crippen LogP contribution in [-0.4, -0.2) is 17.9 Å². The van der Waals surface area contributed by atoms with Crippen LogP contribution in [0.3, 0.4) is 0 Å². The topological polar surface area (TPSA) is 72.2 Å². The van der Waals surface area contributed by atoms with E-state index < -0.39 is 29.6 Å². The molecule has 3 aromatic rings. The predicted octanol–water partition coefficient (Wildman–Crippen LogP) is 3.69. The Labute approximate surface area is 159 Å². The van der Waals surface area contributed by atoms with E-state index >= 15 is 0 Å². The molecule has 0 saturated heterocycles. The summed E-state index contributed by atoms with van der Waals surface area (Å²) in [5.41, 5.74) is 5.15. The highest BCUT2D eigenvalue weighted by atomic mass is 19.4. The summed E-state index contributed by atoms with van der Waals surface area (Å²) in [6, 6.07) is 15.9. The molecule has 3 rings (SSSR count). The van der Waals surface area contributed by atoms with E-state index in [0.29, 0.717) is 10.9 Å². The van der Waals surface area contributed by atoms with Crippen LogP contribution < -0.4 is 11.1 Å². The minimum Gasteiger partial charge on any atom is -0.368 e. The van der Waals surface area contributed by atoms with Crippen molar-refractivity contribution < 1.29 is 22.8 Å². The Morgan fingerprint density at radius 2 is 1.64 bits per heavy atom. The standard InChI is InChI=1S/C21H17F3N2O2/c22-21(23,24)15-8-3-5-13(11-15)12-18(19(25)27)26-20(28)17-10-4-7-14-6-1-2-9-16(14)17/h1-11,18H,12H2,(H2,25,27)(H,26,28)/t18-/m0/s1. The van der Waals surface area contributed by atoms with Gasteiger partial charge in [0.05, 0.1) is 5.56 Å². The van der Waals surface area contributed by atoms with Crippen LogP contribution in [0.1, 0.15) is 21.5 Å². The molecule has 28 heavy (non-hydrogen) atoms. The van der Waals surface area contributed by atoms with Crippen LogP contribution in [0.4, 0.5) is 13.2 Å². The highest BCUT2D eigenvalue weighted by Gasteiger charge is 2.31. The van der Waals surface area contributed by atoms with Gasteiger partial charge in [0.2, 0.25) is 5.91 Å². The van der Waals surface area contributed by atoms with E-state index in [4.69, 9.17) is 5.73 Å². The van der Waals surface area contributed by atoms with Crippen molar-refractivity contribution in [2.24, 2.45) is 5.73 Å². The van der Waals surface area contributed by atoms with Gasteiger partial charge in [-0.3, -0.25) is 9.59 Å². The van der Waals surface area contributed by atoms with E-state index in [-0.39, 0.29) is 12.0 Å². The quantitative estimate of drug-likeness (QED) is 0.702. The Hall–Kier alpha value is -3.35. The lowest BCUT2D eigenvalue weighted by molar-refractivity contribution is -0.137. The Bertz CT molecular complexity index is 1030. The lowest BCUT2D eigenvalue weighted by atomic mass is 10.0. The second-order valence-corrected chi connectivity index (χ2v) is 6.36. The van der Waals surface area contributed by atoms with Crippen LogP contribution in [0.5, 0.6) is 0 Å². The van der Waals surface area contributed by atoms with Crippen molar-refractivity contribution in [2.45, 2.75) is 18.6 Å². The highest BCUT2D eigenvalue weighted by molar-refractivity contribution is 6.08. The van der Waals surface area contributed by atoms with Gasteiger partial charge in [0.25, 0.3) is 5.91 Å². The number of alkyl halides is 3. The van der Waals surface area contributed by atoms with Crippen molar-refractivity contribution >= 4 is 22.6 Å². The molecule has 0 unspecified atom stereocenters. The molecule has 3 N–H and O–H groups in total. The van der Waals surface area contributed by atoms with Gasteiger partial charge >= 0.3 is 6.18 Å². The monoisotopic (exact) mass is 386 g/mol. The lowest BCUT2D eigenvalue weighted by Crippen LogP contribution is -2.45. The number of rotatable bonds is 5. The number of carbonyl (C=O) groups is 2. The lowest BCUT2D eigenvalue weighted by Gasteiger charge is -2.17. The van der Waals surface area contributed by atoms with E-state index in [1.54, 1.807) is 24.3 Å². The summed E-state index contributed by atoms with van der Waals surface area (Å²) in [6.07, 6.45) is -4.64. The average molecular weight is 386 g/mol. The van der Waals surface area contributed by atoms with Crippen molar-refractivity contribution in [1.82, 2.24) is 5.32 Å². The zero-order chi connectivity index (χ0) is 20.3. The minimum atomic E-state index is -4.50. The van der Waals surface area contributed by atoms with Crippen LogP contribution in [0.15, 0.2) is 66.7 Å². The Balaban J connectivity index is 1.84. The summed E-state index contributed by atoms with van der Waals surface area (Å²) in [5, 5.41) is 4.09. The van der Waals surface area contributed by atoms with Crippen molar-refractivity contribution in [3.05, 3.63) is 83.4 Å². The molecule has 0 fully saturated rings. The first kappa shape index (κ1) is 19.4. The van der Waals surface area contributed by atoms with E-state index in [9.17, 15) is 22.8 Å². The number of benzene rings is 3. The number of amides is 2. The normalized spacial score (nSPS) is 12.5. The van der Waals surface area contributed by atoms with Gasteiger partial charge in [0.1, 0.15) is 6.04 Å². The van der Waals surface area contributed by atoms with Crippen molar-refractivity contribution in [3.63, 3.8) is 0 Å². The van der Waals surface area contributed by atoms with Gasteiger partial charge in [-0.15, -0.1) is 0 Å². The first-order valence-corrected chi connectivity index (χ1v) is 8.50. The number of fused-ring (bicyclic) bond motifs is 1. The van der Waals surface area contributed by atoms with Crippen LogP contribution in [0.2, 0.25) is 0 Å². The smallest absolute Gasteiger partial charge is 0.368 e. The molecule has 4 nitrogen and oxygen atoms in total. The van der Waals surface area contributed by atoms with Gasteiger partial charge in [-0.25, -0.2) is 0 Å². The number of nitrogens with two attached hydrogens (primary N) is 1. The molecule has 0 bridgehead atoms. The Morgan fingerprint density at radius 3 is 2.36 bits per heavy atom. The van der Waals surface area contributed by atoms with Gasteiger partial charge in [0, 0.05) is 12.0 Å². The van der Waals surface area contributed by atoms with E-state index in [2.05, 4.69) is 5.32 Å². The molecule has 0 aromatic heterocycles. The maximum Gasteiger partial charge on any atom is 0.416 e. The van der Waals surface area contributed by atoms with E-state index in [1.165, 1.54) is 12.1 Å². The number of primary amides is 1. The summed E-state index contributed by atoms with van der Waals surface area (Å²) >= 11 is 0. The van der Waals surface area contributed by atoms with Crippen molar-refractivity contribution in [1.29, 1.82) is 0 Å². The SMILES string of the molecule is NC(=O)[C@H](Cc1cccc(C(F)(F)F)c1)NC(=O)c1cccc2ccccc12. The molecular weight excluding hydrogens is 369 g/mol. The number of hydrogen-bond acceptors (Lipinski definition) is 2. The van der Waals surface area contributed by atoms with Crippen LogP contribution in [0.25, 0.3) is 10.8 Å². The number of nitrogens with one attached hydrogen (secondary N) is 1. The van der Waals surface area contributed by atoms with Gasteiger partial charge in [-0.2, -0.15) is 13.2 Å². The van der Waals surface area contributed by atoms with Crippen molar-refractivity contribution in [2.75, 3.05) is 0 Å². The summed E-state index contributed by atoms with van der Waals surface area (Å²) in [4.78, 5) is 24.5. The Morgan fingerprint density at radius 1 is 0.964 bits per heavy atom. The van der Waals surface area contributed by atoms with Gasteiger partial charge in [0.15, 0.2) is 0 Å². The maximum absolute atomic E-state index is 12.9. The second kappa shape index (κ2) is 7.72. The molecule has 0 aliphatic heterocycles. The molecule has 0 heterocycles. The van der Waals surface area contributed by atoms with Crippen molar-refractivity contribution in [3.8, 4) is 0 Å². The summed E-state index contributed by atoms with van der Waals surface area (Å²) in [5.74, 6) is -1.35. The third-order valence-electron chi connectivity index (χ3n) is 4.38. The van der Waals surface area contributed by atoms with Gasteiger partial charge in [-0.05, 0) is 28.5 Å². The molecule has 7 heteroatoms. The fourth-order valence-electron chi connectivity index (χ4n) is 2.99. The molecule has 0 radical (unpaired) electrons. The zero-order valence-electron chi connectivity index (χ0n) is 14.7. The summed E-state index contributed by atoms with van der Waals surface area (Å²) in [6.45, 7) is 0. The predicted molar refractivity (Wildman–Crippen MR) is 99.5 cm³/mol. The Kier molecular flexibility index (Phi) is 5.35. The highest BCUT2D eigenvalue weighted by Crippen LogP contribution is 2.29. The fraction of sp³-hybridized carbons (Fsp3) is 0.143. The van der Waals surface area contributed by atoms with Gasteiger partial charge < -0.3 is 11.1 Å². The maximum atomic E-state index is 12.9. The summed E-state index contributed by atoms with van der Waals surface area (Å²) in [7, 11) is 0. The molecule has 0 saturated carbocycles. The zero-order valence-corrected chi connectivity index (χ0v) is 14.7. The fourth-order valence-corrected chi connectivity index (χ4v) is 2.99. The first-order valence-electron chi connectivity index (χ1n) is 8.50. The number of halogens is 3. The third kappa shape index (κ3) is 4.31. The molecule has 144 valence electrons. The van der Waals surface area contributed by atoms with E-state index in [0.717, 1.165) is 17.5 Å². The number of carbonyl (C=O) groups excluding carboxylic acids is 2. The van der Waals surface area contributed by atoms with Crippen LogP contribution in [-0.2, 0) is 17.4 Å². The second-order valence-electron chi connectivity index (χ2n) is 6.36. The number of hydrogen-bond donors (Lipinski definition) is 2. The molecule has 2 amide bonds. The molecule has 3 aromatic carbocycles. The molecular formula is C21H17F3N2O2. The first-order chi connectivity index (χ1) is 13.3. The average Bonchev–Trinajstić information content (AvgIpc) is 2.66. The van der Waals surface area contributed by atoms with Crippen LogP contribution in [0, 0.1) is 0 Å². The van der Waals surface area contributed by atoms with Crippen LogP contribution >= 0.6 is 0 Å². The van der Waals surface area contributed by atoms with E-state index in [1.807, 2.05) is 18.2 Å². The largest absolute Gasteiger partial charge is 0.416 e. The van der Waals surface area contributed by atoms with Gasteiger partial charge in [-0.1, -0.05) is 54.6 Å². The molecule has 1 atom stereocenters. The third-order valence-corrected chi connectivity index (χ3v) is 4.38. The molecule has 0 aliphatic carbocycles.